The number of imidazole rings is 1. The van der Waals surface area contributed by atoms with Crippen LogP contribution in [0, 0.1) is 0 Å². The molecular formula is C26H24N2O4. The molecule has 0 spiro atoms. The lowest BCUT2D eigenvalue weighted by atomic mass is 10.1. The third-order valence-electron chi connectivity index (χ3n) is 4.99. The summed E-state index contributed by atoms with van der Waals surface area (Å²) < 4.78 is 18.9. The monoisotopic (exact) mass is 428 g/mol. The van der Waals surface area contributed by atoms with E-state index in [0.29, 0.717) is 18.7 Å². The van der Waals surface area contributed by atoms with Crippen molar-refractivity contribution in [3.8, 4) is 11.5 Å². The number of esters is 1. The van der Waals surface area contributed by atoms with Crippen LogP contribution in [0.25, 0.3) is 0 Å². The van der Waals surface area contributed by atoms with Crippen LogP contribution in [0.3, 0.4) is 0 Å². The van der Waals surface area contributed by atoms with Gasteiger partial charge in [0.05, 0.1) is 32.2 Å². The van der Waals surface area contributed by atoms with Crippen molar-refractivity contribution in [2.24, 2.45) is 0 Å². The van der Waals surface area contributed by atoms with E-state index in [4.69, 9.17) is 14.2 Å². The number of rotatable bonds is 9. The summed E-state index contributed by atoms with van der Waals surface area (Å²) >= 11 is 0. The molecule has 0 saturated heterocycles. The van der Waals surface area contributed by atoms with Gasteiger partial charge in [-0.2, -0.15) is 0 Å². The van der Waals surface area contributed by atoms with E-state index in [2.05, 4.69) is 4.98 Å². The van der Waals surface area contributed by atoms with Crippen LogP contribution in [0.1, 0.15) is 27.6 Å². The summed E-state index contributed by atoms with van der Waals surface area (Å²) in [7, 11) is 1.37. The van der Waals surface area contributed by atoms with Crippen molar-refractivity contribution in [3.63, 3.8) is 0 Å². The highest BCUT2D eigenvalue weighted by Crippen LogP contribution is 2.26. The number of methoxy groups -OCH3 is 1. The number of carbonyl (C=O) groups excluding carboxylic acids is 1. The molecule has 4 aromatic rings. The van der Waals surface area contributed by atoms with Crippen molar-refractivity contribution in [2.75, 3.05) is 7.11 Å². The van der Waals surface area contributed by atoms with Crippen molar-refractivity contribution in [3.05, 3.63) is 114 Å². The second-order valence-electron chi connectivity index (χ2n) is 7.23. The predicted molar refractivity (Wildman–Crippen MR) is 120 cm³/mol. The number of para-hydroxylation sites is 1. The number of hydrogen-bond acceptors (Lipinski definition) is 5. The highest BCUT2D eigenvalue weighted by atomic mass is 16.5. The third-order valence-corrected chi connectivity index (χ3v) is 4.99. The largest absolute Gasteiger partial charge is 0.465 e. The first kappa shape index (κ1) is 21.3. The Kier molecular flexibility index (Phi) is 6.94. The number of aromatic nitrogens is 2. The van der Waals surface area contributed by atoms with Gasteiger partial charge in [0.25, 0.3) is 0 Å². The molecule has 1 atom stereocenters. The lowest BCUT2D eigenvalue weighted by molar-refractivity contribution is 0.0279. The van der Waals surface area contributed by atoms with E-state index in [9.17, 15) is 4.79 Å². The maximum Gasteiger partial charge on any atom is 0.337 e. The number of ether oxygens (including phenoxy) is 3. The van der Waals surface area contributed by atoms with E-state index in [1.165, 1.54) is 7.11 Å². The Hall–Kier alpha value is -3.90. The predicted octanol–water partition coefficient (Wildman–Crippen LogP) is 5.42. The second-order valence-corrected chi connectivity index (χ2v) is 7.23. The zero-order valence-electron chi connectivity index (χ0n) is 17.8. The molecule has 1 unspecified atom stereocenters. The van der Waals surface area contributed by atoms with Gasteiger partial charge in [-0.15, -0.1) is 0 Å². The topological polar surface area (TPSA) is 62.6 Å². The van der Waals surface area contributed by atoms with Crippen LogP contribution in [0.2, 0.25) is 0 Å². The van der Waals surface area contributed by atoms with Crippen molar-refractivity contribution >= 4 is 5.97 Å². The van der Waals surface area contributed by atoms with Gasteiger partial charge in [-0.05, 0) is 47.5 Å². The lowest BCUT2D eigenvalue weighted by Crippen LogP contribution is -2.12. The van der Waals surface area contributed by atoms with E-state index in [1.54, 1.807) is 24.7 Å². The number of hydrogen-bond donors (Lipinski definition) is 0. The highest BCUT2D eigenvalue weighted by Gasteiger charge is 2.14. The minimum atomic E-state index is -0.353. The van der Waals surface area contributed by atoms with Gasteiger partial charge in [-0.1, -0.05) is 42.5 Å². The SMILES string of the molecule is COC(=O)c1ccc(COC(Cn2ccnc2)c2ccc(Oc3ccccc3)cc2)cc1. The fourth-order valence-electron chi connectivity index (χ4n) is 3.27. The fourth-order valence-corrected chi connectivity index (χ4v) is 3.27. The molecule has 32 heavy (non-hydrogen) atoms. The molecular weight excluding hydrogens is 404 g/mol. The van der Waals surface area contributed by atoms with Gasteiger partial charge in [0.15, 0.2) is 0 Å². The summed E-state index contributed by atoms with van der Waals surface area (Å²) in [5, 5.41) is 0. The summed E-state index contributed by atoms with van der Waals surface area (Å²) in [6.45, 7) is 1.03. The Morgan fingerprint density at radius 1 is 0.938 bits per heavy atom. The van der Waals surface area contributed by atoms with Gasteiger partial charge in [-0.3, -0.25) is 0 Å². The molecule has 6 nitrogen and oxygen atoms in total. The molecule has 0 aliphatic rings. The maximum absolute atomic E-state index is 11.6. The van der Waals surface area contributed by atoms with Gasteiger partial charge < -0.3 is 18.8 Å². The quantitative estimate of drug-likeness (QED) is 0.333. The molecule has 1 aromatic heterocycles. The van der Waals surface area contributed by atoms with Crippen molar-refractivity contribution in [1.82, 2.24) is 9.55 Å². The van der Waals surface area contributed by atoms with E-state index in [0.717, 1.165) is 22.6 Å². The second kappa shape index (κ2) is 10.4. The van der Waals surface area contributed by atoms with Crippen LogP contribution in [-0.2, 0) is 22.6 Å². The first-order chi connectivity index (χ1) is 15.7. The molecule has 0 saturated carbocycles. The summed E-state index contributed by atoms with van der Waals surface area (Å²) in [5.74, 6) is 1.20. The normalized spacial score (nSPS) is 11.7. The average Bonchev–Trinajstić information content (AvgIpc) is 3.36. The molecule has 0 aliphatic carbocycles. The van der Waals surface area contributed by atoms with E-state index >= 15 is 0 Å². The molecule has 4 rings (SSSR count). The van der Waals surface area contributed by atoms with Crippen LogP contribution in [0.5, 0.6) is 11.5 Å². The average molecular weight is 428 g/mol. The van der Waals surface area contributed by atoms with E-state index in [1.807, 2.05) is 77.5 Å². The van der Waals surface area contributed by atoms with Crippen LogP contribution >= 0.6 is 0 Å². The Balaban J connectivity index is 1.46. The fraction of sp³-hybridized carbons (Fsp3) is 0.154. The van der Waals surface area contributed by atoms with Crippen molar-refractivity contribution < 1.29 is 19.0 Å². The molecule has 0 amide bonds. The molecule has 0 N–H and O–H groups in total. The number of nitrogens with zero attached hydrogens (tertiary/aromatic N) is 2. The van der Waals surface area contributed by atoms with Crippen molar-refractivity contribution in [1.29, 1.82) is 0 Å². The molecule has 3 aromatic carbocycles. The summed E-state index contributed by atoms with van der Waals surface area (Å²) in [4.78, 5) is 15.8. The maximum atomic E-state index is 11.6. The van der Waals surface area contributed by atoms with Gasteiger partial charge >= 0.3 is 5.97 Å². The molecule has 0 aliphatic heterocycles. The van der Waals surface area contributed by atoms with Gasteiger partial charge in [-0.25, -0.2) is 9.78 Å². The van der Waals surface area contributed by atoms with E-state index in [-0.39, 0.29) is 12.1 Å². The van der Waals surface area contributed by atoms with Crippen LogP contribution in [0.15, 0.2) is 97.6 Å². The molecule has 0 bridgehead atoms. The first-order valence-electron chi connectivity index (χ1n) is 10.3. The standard InChI is InChI=1S/C26H24N2O4/c1-30-26(29)22-9-7-20(8-10-22)18-31-25(17-28-16-15-27-19-28)21-11-13-24(14-12-21)32-23-5-3-2-4-6-23/h2-16,19,25H,17-18H2,1H3. The number of benzene rings is 3. The minimum absolute atomic E-state index is 0.185. The highest BCUT2D eigenvalue weighted by molar-refractivity contribution is 5.89. The summed E-state index contributed by atoms with van der Waals surface area (Å²) in [6.07, 6.45) is 5.25. The summed E-state index contributed by atoms with van der Waals surface area (Å²) in [5.41, 5.74) is 2.52. The Labute approximate surface area is 187 Å². The summed E-state index contributed by atoms with van der Waals surface area (Å²) in [6, 6.07) is 24.8. The Morgan fingerprint density at radius 2 is 1.66 bits per heavy atom. The molecule has 162 valence electrons. The molecule has 1 heterocycles. The zero-order chi connectivity index (χ0) is 22.2. The Morgan fingerprint density at radius 3 is 2.31 bits per heavy atom. The van der Waals surface area contributed by atoms with Crippen LogP contribution in [0.4, 0.5) is 0 Å². The number of carbonyl (C=O) groups is 1. The minimum Gasteiger partial charge on any atom is -0.465 e. The van der Waals surface area contributed by atoms with Gasteiger partial charge in [0, 0.05) is 12.4 Å². The first-order valence-corrected chi connectivity index (χ1v) is 10.3. The van der Waals surface area contributed by atoms with Gasteiger partial charge in [0.2, 0.25) is 0 Å². The molecule has 0 fully saturated rings. The van der Waals surface area contributed by atoms with Gasteiger partial charge in [0.1, 0.15) is 17.6 Å². The molecule has 6 heteroatoms. The molecule has 0 radical (unpaired) electrons. The zero-order valence-corrected chi connectivity index (χ0v) is 17.8. The van der Waals surface area contributed by atoms with E-state index < -0.39 is 0 Å². The van der Waals surface area contributed by atoms with Crippen LogP contribution < -0.4 is 4.74 Å². The third kappa shape index (κ3) is 5.62. The van der Waals surface area contributed by atoms with Crippen molar-refractivity contribution in [2.45, 2.75) is 19.3 Å². The lowest BCUT2D eigenvalue weighted by Gasteiger charge is -2.19. The Bertz CT molecular complexity index is 1110. The van der Waals surface area contributed by atoms with Crippen LogP contribution in [-0.4, -0.2) is 22.6 Å². The smallest absolute Gasteiger partial charge is 0.337 e.